The van der Waals surface area contributed by atoms with E-state index in [1.54, 1.807) is 12.1 Å². The third-order valence-corrected chi connectivity index (χ3v) is 3.10. The quantitative estimate of drug-likeness (QED) is 0.825. The Bertz CT molecular complexity index is 467. The van der Waals surface area contributed by atoms with Crippen molar-refractivity contribution in [2.24, 2.45) is 5.14 Å². The lowest BCUT2D eigenvalue weighted by molar-refractivity contribution is 0.603. The standard InChI is InChI=1S/C10H15N3O2S/c11-16(14,15)12-9-4-3-5-10(8-9)13-6-1-2-7-13/h3-5,8,12H,1-2,6-7H2,(H2,11,14,15). The highest BCUT2D eigenvalue weighted by Crippen LogP contribution is 2.23. The maximum atomic E-state index is 10.9. The maximum absolute atomic E-state index is 10.9. The first-order valence-corrected chi connectivity index (χ1v) is 6.75. The zero-order chi connectivity index (χ0) is 11.6. The summed E-state index contributed by atoms with van der Waals surface area (Å²) >= 11 is 0. The fourth-order valence-corrected chi connectivity index (χ4v) is 2.36. The van der Waals surface area contributed by atoms with Crippen molar-refractivity contribution in [1.82, 2.24) is 0 Å². The van der Waals surface area contributed by atoms with E-state index in [2.05, 4.69) is 9.62 Å². The molecule has 16 heavy (non-hydrogen) atoms. The van der Waals surface area contributed by atoms with Gasteiger partial charge < -0.3 is 4.90 Å². The summed E-state index contributed by atoms with van der Waals surface area (Å²) in [5, 5.41) is 4.92. The molecule has 0 atom stereocenters. The van der Waals surface area contributed by atoms with E-state index in [1.165, 1.54) is 12.8 Å². The Labute approximate surface area is 95.4 Å². The summed E-state index contributed by atoms with van der Waals surface area (Å²) in [4.78, 5) is 2.23. The summed E-state index contributed by atoms with van der Waals surface area (Å²) in [5.74, 6) is 0. The molecule has 1 aromatic rings. The Morgan fingerprint density at radius 3 is 2.56 bits per heavy atom. The van der Waals surface area contributed by atoms with E-state index in [1.807, 2.05) is 12.1 Å². The second-order valence-corrected chi connectivity index (χ2v) is 5.19. The Balaban J connectivity index is 2.19. The van der Waals surface area contributed by atoms with E-state index >= 15 is 0 Å². The molecule has 0 aliphatic carbocycles. The van der Waals surface area contributed by atoms with Gasteiger partial charge in [0.1, 0.15) is 0 Å². The van der Waals surface area contributed by atoms with Crippen molar-refractivity contribution in [3.63, 3.8) is 0 Å². The third kappa shape index (κ3) is 2.86. The molecule has 1 fully saturated rings. The van der Waals surface area contributed by atoms with Gasteiger partial charge in [0.15, 0.2) is 0 Å². The second kappa shape index (κ2) is 4.31. The minimum atomic E-state index is -3.69. The molecule has 1 aliphatic heterocycles. The average molecular weight is 241 g/mol. The van der Waals surface area contributed by atoms with Crippen LogP contribution in [0.4, 0.5) is 11.4 Å². The molecule has 5 nitrogen and oxygen atoms in total. The van der Waals surface area contributed by atoms with Crippen LogP contribution in [-0.4, -0.2) is 21.5 Å². The smallest absolute Gasteiger partial charge is 0.296 e. The van der Waals surface area contributed by atoms with E-state index in [4.69, 9.17) is 5.14 Å². The lowest BCUT2D eigenvalue weighted by Gasteiger charge is -2.18. The van der Waals surface area contributed by atoms with Crippen LogP contribution in [0.2, 0.25) is 0 Å². The molecule has 0 saturated carbocycles. The highest BCUT2D eigenvalue weighted by atomic mass is 32.2. The average Bonchev–Trinajstić information content (AvgIpc) is 2.68. The van der Waals surface area contributed by atoms with Gasteiger partial charge in [-0.25, -0.2) is 5.14 Å². The fourth-order valence-electron chi connectivity index (χ4n) is 1.91. The van der Waals surface area contributed by atoms with Crippen molar-refractivity contribution in [2.75, 3.05) is 22.7 Å². The van der Waals surface area contributed by atoms with Gasteiger partial charge in [0.25, 0.3) is 10.2 Å². The van der Waals surface area contributed by atoms with Crippen molar-refractivity contribution in [1.29, 1.82) is 0 Å². The zero-order valence-corrected chi connectivity index (χ0v) is 9.70. The number of nitrogens with one attached hydrogen (secondary N) is 1. The van der Waals surface area contributed by atoms with Gasteiger partial charge in [-0.3, -0.25) is 4.72 Å². The lowest BCUT2D eigenvalue weighted by Crippen LogP contribution is -2.22. The minimum Gasteiger partial charge on any atom is -0.371 e. The van der Waals surface area contributed by atoms with E-state index in [0.717, 1.165) is 18.8 Å². The van der Waals surface area contributed by atoms with E-state index < -0.39 is 10.2 Å². The maximum Gasteiger partial charge on any atom is 0.296 e. The summed E-state index contributed by atoms with van der Waals surface area (Å²) in [7, 11) is -3.69. The van der Waals surface area contributed by atoms with Crippen LogP contribution in [0.1, 0.15) is 12.8 Å². The van der Waals surface area contributed by atoms with E-state index in [9.17, 15) is 8.42 Å². The van der Waals surface area contributed by atoms with Gasteiger partial charge in [0.05, 0.1) is 5.69 Å². The molecule has 0 radical (unpaired) electrons. The predicted molar refractivity (Wildman–Crippen MR) is 64.6 cm³/mol. The lowest BCUT2D eigenvalue weighted by atomic mass is 10.2. The van der Waals surface area contributed by atoms with Crippen molar-refractivity contribution in [2.45, 2.75) is 12.8 Å². The van der Waals surface area contributed by atoms with Crippen LogP contribution in [0.5, 0.6) is 0 Å². The summed E-state index contributed by atoms with van der Waals surface area (Å²) in [5.41, 5.74) is 1.54. The van der Waals surface area contributed by atoms with Crippen LogP contribution in [0.3, 0.4) is 0 Å². The van der Waals surface area contributed by atoms with Crippen molar-refractivity contribution >= 4 is 21.6 Å². The second-order valence-electron chi connectivity index (χ2n) is 3.89. The summed E-state index contributed by atoms with van der Waals surface area (Å²) in [6.07, 6.45) is 2.37. The van der Waals surface area contributed by atoms with Crippen LogP contribution < -0.4 is 14.8 Å². The molecule has 0 aromatic heterocycles. The van der Waals surface area contributed by atoms with Crippen molar-refractivity contribution in [3.8, 4) is 0 Å². The molecule has 1 aromatic carbocycles. The van der Waals surface area contributed by atoms with Gasteiger partial charge in [0, 0.05) is 18.8 Å². The molecule has 88 valence electrons. The Kier molecular flexibility index (Phi) is 3.02. The Morgan fingerprint density at radius 1 is 1.25 bits per heavy atom. The van der Waals surface area contributed by atoms with Gasteiger partial charge in [-0.15, -0.1) is 0 Å². The zero-order valence-electron chi connectivity index (χ0n) is 8.89. The molecule has 1 aliphatic rings. The topological polar surface area (TPSA) is 75.4 Å². The molecule has 0 unspecified atom stereocenters. The number of nitrogens with zero attached hydrogens (tertiary/aromatic N) is 1. The van der Waals surface area contributed by atoms with Gasteiger partial charge in [-0.2, -0.15) is 8.42 Å². The highest BCUT2D eigenvalue weighted by molar-refractivity contribution is 7.90. The first-order chi connectivity index (χ1) is 7.54. The molecular weight excluding hydrogens is 226 g/mol. The molecule has 1 saturated heterocycles. The van der Waals surface area contributed by atoms with Gasteiger partial charge >= 0.3 is 0 Å². The third-order valence-electron chi connectivity index (χ3n) is 2.58. The number of hydrogen-bond acceptors (Lipinski definition) is 3. The van der Waals surface area contributed by atoms with Crippen molar-refractivity contribution in [3.05, 3.63) is 24.3 Å². The van der Waals surface area contributed by atoms with E-state index in [0.29, 0.717) is 5.69 Å². The molecule has 0 bridgehead atoms. The van der Waals surface area contributed by atoms with Crippen LogP contribution in [0, 0.1) is 0 Å². The summed E-state index contributed by atoms with van der Waals surface area (Å²) in [6.45, 7) is 2.05. The highest BCUT2D eigenvalue weighted by Gasteiger charge is 2.12. The molecule has 2 rings (SSSR count). The largest absolute Gasteiger partial charge is 0.371 e. The number of hydrogen-bond donors (Lipinski definition) is 2. The van der Waals surface area contributed by atoms with Gasteiger partial charge in [-0.05, 0) is 31.0 Å². The first-order valence-electron chi connectivity index (χ1n) is 5.20. The first kappa shape index (κ1) is 11.2. The fraction of sp³-hybridized carbons (Fsp3) is 0.400. The molecule has 0 spiro atoms. The molecular formula is C10H15N3O2S. The number of anilines is 2. The van der Waals surface area contributed by atoms with Crippen molar-refractivity contribution < 1.29 is 8.42 Å². The monoisotopic (exact) mass is 241 g/mol. The predicted octanol–water partition coefficient (Wildman–Crippen LogP) is 0.902. The van der Waals surface area contributed by atoms with E-state index in [-0.39, 0.29) is 0 Å². The van der Waals surface area contributed by atoms with Crippen LogP contribution >= 0.6 is 0 Å². The number of benzene rings is 1. The molecule has 0 amide bonds. The van der Waals surface area contributed by atoms with Crippen LogP contribution in [0.15, 0.2) is 24.3 Å². The normalized spacial score (nSPS) is 16.4. The molecule has 3 N–H and O–H groups in total. The summed E-state index contributed by atoms with van der Waals surface area (Å²) in [6, 6.07) is 7.28. The minimum absolute atomic E-state index is 0.506. The van der Waals surface area contributed by atoms with Crippen LogP contribution in [-0.2, 0) is 10.2 Å². The Hall–Kier alpha value is -1.27. The van der Waals surface area contributed by atoms with Gasteiger partial charge in [-0.1, -0.05) is 6.07 Å². The number of rotatable bonds is 3. The molecule has 6 heteroatoms. The molecule has 1 heterocycles. The summed E-state index contributed by atoms with van der Waals surface area (Å²) < 4.78 is 24.0. The Morgan fingerprint density at radius 2 is 1.94 bits per heavy atom. The number of nitrogens with two attached hydrogens (primary N) is 1. The van der Waals surface area contributed by atoms with Crippen LogP contribution in [0.25, 0.3) is 0 Å². The van der Waals surface area contributed by atoms with Gasteiger partial charge in [0.2, 0.25) is 0 Å². The SMILES string of the molecule is NS(=O)(=O)Nc1cccc(N2CCCC2)c1.